The quantitative estimate of drug-likeness (QED) is 0.581. The zero-order valence-electron chi connectivity index (χ0n) is 11.1. The Labute approximate surface area is 112 Å². The molecule has 0 aromatic carbocycles. The molecule has 1 unspecified atom stereocenters. The Balaban J connectivity index is 2.67. The van der Waals surface area contributed by atoms with Crippen LogP contribution in [0.4, 0.5) is 0 Å². The van der Waals surface area contributed by atoms with Gasteiger partial charge in [0.05, 0.1) is 0 Å². The molecule has 6 nitrogen and oxygen atoms in total. The van der Waals surface area contributed by atoms with Gasteiger partial charge < -0.3 is 15.3 Å². The number of hydrogen-bond acceptors (Lipinski definition) is 4. The molecule has 1 amide bonds. The summed E-state index contributed by atoms with van der Waals surface area (Å²) in [6.45, 7) is 3.01. The van der Waals surface area contributed by atoms with Crippen LogP contribution in [0.3, 0.4) is 0 Å². The second-order valence-corrected chi connectivity index (χ2v) is 4.64. The fourth-order valence-corrected chi connectivity index (χ4v) is 1.88. The van der Waals surface area contributed by atoms with Crippen molar-refractivity contribution in [2.24, 2.45) is 0 Å². The summed E-state index contributed by atoms with van der Waals surface area (Å²) in [5.74, 6) is -1.76. The maximum atomic E-state index is 11.8. The Bertz CT molecular complexity index is 404. The van der Waals surface area contributed by atoms with E-state index >= 15 is 0 Å². The average Bonchev–Trinajstić information content (AvgIpc) is 2.63. The number of rotatable bonds is 4. The van der Waals surface area contributed by atoms with Gasteiger partial charge in [0.1, 0.15) is 17.7 Å². The smallest absolute Gasteiger partial charge is 0.325 e. The molecule has 0 saturated carbocycles. The van der Waals surface area contributed by atoms with E-state index in [1.807, 2.05) is 11.0 Å². The van der Waals surface area contributed by atoms with E-state index in [9.17, 15) is 9.59 Å². The van der Waals surface area contributed by atoms with E-state index in [4.69, 9.17) is 10.4 Å². The molecule has 19 heavy (non-hydrogen) atoms. The summed E-state index contributed by atoms with van der Waals surface area (Å²) in [5.41, 5.74) is -0.0463. The van der Waals surface area contributed by atoms with Gasteiger partial charge in [-0.1, -0.05) is 12.8 Å². The highest BCUT2D eigenvalue weighted by Gasteiger charge is 2.18. The summed E-state index contributed by atoms with van der Waals surface area (Å²) in [6, 6.07) is 0.822. The van der Waals surface area contributed by atoms with E-state index in [0.717, 1.165) is 38.8 Å². The summed E-state index contributed by atoms with van der Waals surface area (Å²) in [5, 5.41) is 20.0. The standard InChI is InChI=1S/C13H19N3O3/c1-10(13(18)19)15-12(17)11(8-14)9-16-6-4-2-3-5-7-16/h9-10H,2-7H2,1H3,(H,15,17)(H,18,19)/b11-9-. The Morgan fingerprint density at radius 3 is 2.37 bits per heavy atom. The molecule has 0 aromatic rings. The number of likely N-dealkylation sites (tertiary alicyclic amines) is 1. The van der Waals surface area contributed by atoms with Crippen LogP contribution in [0.25, 0.3) is 0 Å². The van der Waals surface area contributed by atoms with Gasteiger partial charge in [-0.3, -0.25) is 9.59 Å². The monoisotopic (exact) mass is 265 g/mol. The van der Waals surface area contributed by atoms with Gasteiger partial charge in [-0.25, -0.2) is 0 Å². The topological polar surface area (TPSA) is 93.4 Å². The molecule has 1 saturated heterocycles. The van der Waals surface area contributed by atoms with Crippen LogP contribution < -0.4 is 5.32 Å². The molecule has 0 aliphatic carbocycles. The molecule has 1 fully saturated rings. The number of carbonyl (C=O) groups excluding carboxylic acids is 1. The molecule has 0 bridgehead atoms. The number of carboxylic acids is 1. The molecule has 1 rings (SSSR count). The van der Waals surface area contributed by atoms with Crippen molar-refractivity contribution in [1.82, 2.24) is 10.2 Å². The van der Waals surface area contributed by atoms with Crippen LogP contribution in [0.5, 0.6) is 0 Å². The van der Waals surface area contributed by atoms with E-state index in [0.29, 0.717) is 0 Å². The highest BCUT2D eigenvalue weighted by Crippen LogP contribution is 2.11. The van der Waals surface area contributed by atoms with Crippen LogP contribution in [-0.2, 0) is 9.59 Å². The minimum atomic E-state index is -1.12. The number of aliphatic carboxylic acids is 1. The third kappa shape index (κ3) is 5.00. The fraction of sp³-hybridized carbons (Fsp3) is 0.615. The average molecular weight is 265 g/mol. The van der Waals surface area contributed by atoms with Crippen molar-refractivity contribution in [2.75, 3.05) is 13.1 Å². The third-order valence-corrected chi connectivity index (χ3v) is 3.04. The lowest BCUT2D eigenvalue weighted by molar-refractivity contribution is -0.140. The van der Waals surface area contributed by atoms with E-state index in [1.54, 1.807) is 0 Å². The van der Waals surface area contributed by atoms with Crippen LogP contribution in [0, 0.1) is 11.3 Å². The van der Waals surface area contributed by atoms with Crippen molar-refractivity contribution in [3.63, 3.8) is 0 Å². The fourth-order valence-electron chi connectivity index (χ4n) is 1.88. The zero-order chi connectivity index (χ0) is 14.3. The summed E-state index contributed by atoms with van der Waals surface area (Å²) < 4.78 is 0. The van der Waals surface area contributed by atoms with Crippen molar-refractivity contribution in [1.29, 1.82) is 5.26 Å². The van der Waals surface area contributed by atoms with Crippen molar-refractivity contribution in [3.8, 4) is 6.07 Å². The molecule has 104 valence electrons. The first-order valence-electron chi connectivity index (χ1n) is 6.44. The number of nitrogens with zero attached hydrogens (tertiary/aromatic N) is 2. The molecule has 0 radical (unpaired) electrons. The molecular weight excluding hydrogens is 246 g/mol. The SMILES string of the molecule is CC(NC(=O)/C(C#N)=C\N1CCCCCC1)C(=O)O. The van der Waals surface area contributed by atoms with Crippen LogP contribution in [0.2, 0.25) is 0 Å². The van der Waals surface area contributed by atoms with Gasteiger partial charge in [-0.15, -0.1) is 0 Å². The molecule has 1 heterocycles. The number of amides is 1. The molecule has 1 aliphatic rings. The van der Waals surface area contributed by atoms with Gasteiger partial charge in [0.2, 0.25) is 0 Å². The second kappa shape index (κ2) is 7.41. The Morgan fingerprint density at radius 1 is 1.32 bits per heavy atom. The maximum absolute atomic E-state index is 11.8. The lowest BCUT2D eigenvalue weighted by Crippen LogP contribution is -2.39. The predicted molar refractivity (Wildman–Crippen MR) is 69.0 cm³/mol. The van der Waals surface area contributed by atoms with Gasteiger partial charge in [0, 0.05) is 19.3 Å². The summed E-state index contributed by atoms with van der Waals surface area (Å²) in [7, 11) is 0. The van der Waals surface area contributed by atoms with Crippen molar-refractivity contribution >= 4 is 11.9 Å². The number of nitrogens with one attached hydrogen (secondary N) is 1. The van der Waals surface area contributed by atoms with Crippen LogP contribution >= 0.6 is 0 Å². The van der Waals surface area contributed by atoms with Crippen LogP contribution in [0.1, 0.15) is 32.6 Å². The molecule has 2 N–H and O–H groups in total. The summed E-state index contributed by atoms with van der Waals surface area (Å²) >= 11 is 0. The Morgan fingerprint density at radius 2 is 1.89 bits per heavy atom. The van der Waals surface area contributed by atoms with Crippen molar-refractivity contribution < 1.29 is 14.7 Å². The minimum Gasteiger partial charge on any atom is -0.480 e. The summed E-state index contributed by atoms with van der Waals surface area (Å²) in [6.07, 6.45) is 5.95. The molecule has 0 aromatic heterocycles. The largest absolute Gasteiger partial charge is 0.480 e. The van der Waals surface area contributed by atoms with E-state index in [2.05, 4.69) is 5.32 Å². The predicted octanol–water partition coefficient (Wildman–Crippen LogP) is 0.859. The molecular formula is C13H19N3O3. The number of hydrogen-bond donors (Lipinski definition) is 2. The lowest BCUT2D eigenvalue weighted by atomic mass is 10.2. The zero-order valence-corrected chi connectivity index (χ0v) is 11.1. The molecule has 0 spiro atoms. The Kier molecular flexibility index (Phi) is 5.86. The highest BCUT2D eigenvalue weighted by molar-refractivity contribution is 5.99. The molecule has 1 aliphatic heterocycles. The molecule has 1 atom stereocenters. The second-order valence-electron chi connectivity index (χ2n) is 4.64. The van der Waals surface area contributed by atoms with Crippen LogP contribution in [0.15, 0.2) is 11.8 Å². The van der Waals surface area contributed by atoms with Gasteiger partial charge in [-0.05, 0) is 19.8 Å². The normalized spacial score (nSPS) is 18.1. The van der Waals surface area contributed by atoms with Crippen molar-refractivity contribution in [2.45, 2.75) is 38.6 Å². The van der Waals surface area contributed by atoms with Crippen molar-refractivity contribution in [3.05, 3.63) is 11.8 Å². The van der Waals surface area contributed by atoms with Gasteiger partial charge >= 0.3 is 5.97 Å². The number of nitriles is 1. The summed E-state index contributed by atoms with van der Waals surface area (Å²) in [4.78, 5) is 24.4. The van der Waals surface area contributed by atoms with Gasteiger partial charge in [0.15, 0.2) is 0 Å². The van der Waals surface area contributed by atoms with E-state index in [-0.39, 0.29) is 5.57 Å². The maximum Gasteiger partial charge on any atom is 0.325 e. The first-order valence-corrected chi connectivity index (χ1v) is 6.44. The number of carboxylic acid groups (broad SMARTS) is 1. The van der Waals surface area contributed by atoms with E-state index in [1.165, 1.54) is 13.1 Å². The number of carbonyl (C=O) groups is 2. The highest BCUT2D eigenvalue weighted by atomic mass is 16.4. The Hall–Kier alpha value is -2.03. The first kappa shape index (κ1) is 15.0. The first-order chi connectivity index (χ1) is 9.04. The van der Waals surface area contributed by atoms with E-state index < -0.39 is 17.9 Å². The van der Waals surface area contributed by atoms with Gasteiger partial charge in [-0.2, -0.15) is 5.26 Å². The molecule has 6 heteroatoms. The lowest BCUT2D eigenvalue weighted by Gasteiger charge is -2.18. The third-order valence-electron chi connectivity index (χ3n) is 3.04. The van der Waals surface area contributed by atoms with Crippen LogP contribution in [-0.4, -0.2) is 41.0 Å². The van der Waals surface area contributed by atoms with Gasteiger partial charge in [0.25, 0.3) is 5.91 Å². The minimum absolute atomic E-state index is 0.0463.